The highest BCUT2D eigenvalue weighted by Gasteiger charge is 2.16. The highest BCUT2D eigenvalue weighted by molar-refractivity contribution is 5.89. The monoisotopic (exact) mass is 317 g/mol. The van der Waals surface area contributed by atoms with Crippen molar-refractivity contribution in [2.45, 2.75) is 0 Å². The minimum Gasteiger partial charge on any atom is -0.453 e. The number of benzene rings is 2. The first-order valence-corrected chi connectivity index (χ1v) is 6.42. The first-order valence-electron chi connectivity index (χ1n) is 6.42. The molecule has 2 rings (SSSR count). The fourth-order valence-electron chi connectivity index (χ4n) is 1.72. The molecule has 118 valence electrons. The molecule has 0 aliphatic rings. The summed E-state index contributed by atoms with van der Waals surface area (Å²) in [5, 5.41) is 13.3. The van der Waals surface area contributed by atoms with Gasteiger partial charge in [0, 0.05) is 12.3 Å². The van der Waals surface area contributed by atoms with E-state index < -0.39 is 11.0 Å². The zero-order chi connectivity index (χ0) is 16.8. The minimum atomic E-state index is -0.810. The number of nitro benzene ring substituents is 1. The maximum atomic E-state index is 12.8. The second-order valence-corrected chi connectivity index (χ2v) is 4.38. The van der Waals surface area contributed by atoms with Crippen molar-refractivity contribution < 1.29 is 18.8 Å². The van der Waals surface area contributed by atoms with Crippen molar-refractivity contribution in [3.63, 3.8) is 0 Å². The summed E-state index contributed by atoms with van der Waals surface area (Å²) in [6.45, 7) is 0. The van der Waals surface area contributed by atoms with E-state index in [1.807, 2.05) is 0 Å². The number of carbonyl (C=O) groups is 1. The fraction of sp³-hybridized carbons (Fsp3) is 0.0667. The number of aliphatic imine (C=N–C) groups is 1. The van der Waals surface area contributed by atoms with Gasteiger partial charge in [-0.3, -0.25) is 20.4 Å². The van der Waals surface area contributed by atoms with Crippen LogP contribution in [-0.2, 0) is 4.74 Å². The number of nitro groups is 1. The molecule has 0 fully saturated rings. The van der Waals surface area contributed by atoms with Crippen LogP contribution in [0.3, 0.4) is 0 Å². The zero-order valence-corrected chi connectivity index (χ0v) is 12.0. The Morgan fingerprint density at radius 2 is 2.00 bits per heavy atom. The molecule has 0 aromatic heterocycles. The molecule has 0 bridgehead atoms. The molecule has 2 aromatic carbocycles. The second kappa shape index (κ2) is 7.12. The van der Waals surface area contributed by atoms with Crippen LogP contribution in [0.2, 0.25) is 0 Å². The molecular formula is C15H12FN3O4. The van der Waals surface area contributed by atoms with Crippen molar-refractivity contribution in [3.8, 4) is 0 Å². The largest absolute Gasteiger partial charge is 0.453 e. The van der Waals surface area contributed by atoms with E-state index in [9.17, 15) is 19.3 Å². The van der Waals surface area contributed by atoms with E-state index in [1.54, 1.807) is 0 Å². The Labute approximate surface area is 130 Å². The summed E-state index contributed by atoms with van der Waals surface area (Å²) >= 11 is 0. The predicted octanol–water partition coefficient (Wildman–Crippen LogP) is 3.66. The summed E-state index contributed by atoms with van der Waals surface area (Å²) in [4.78, 5) is 25.7. The summed E-state index contributed by atoms with van der Waals surface area (Å²) in [5.74, 6) is -0.365. The van der Waals surface area contributed by atoms with Crippen molar-refractivity contribution in [3.05, 3.63) is 64.0 Å². The smallest absolute Gasteiger partial charge is 0.411 e. The lowest BCUT2D eigenvalue weighted by Gasteiger charge is -2.05. The van der Waals surface area contributed by atoms with Gasteiger partial charge in [-0.15, -0.1) is 0 Å². The summed E-state index contributed by atoms with van der Waals surface area (Å²) in [6.07, 6.45) is 0.641. The lowest BCUT2D eigenvalue weighted by molar-refractivity contribution is -0.383. The molecule has 8 heteroatoms. The van der Waals surface area contributed by atoms with Gasteiger partial charge in [-0.2, -0.15) is 0 Å². The molecule has 2 aromatic rings. The van der Waals surface area contributed by atoms with E-state index in [4.69, 9.17) is 0 Å². The SMILES string of the molecule is COC(=O)Nc1ccc(N=Cc2ccc(F)cc2)cc1[N+](=O)[O-]. The predicted molar refractivity (Wildman–Crippen MR) is 82.8 cm³/mol. The summed E-state index contributed by atoms with van der Waals surface area (Å²) in [6, 6.07) is 9.69. The third-order valence-electron chi connectivity index (χ3n) is 2.83. The number of hydrogen-bond acceptors (Lipinski definition) is 5. The van der Waals surface area contributed by atoms with Gasteiger partial charge in [0.1, 0.15) is 11.5 Å². The van der Waals surface area contributed by atoms with Crippen LogP contribution in [0.5, 0.6) is 0 Å². The molecular weight excluding hydrogens is 305 g/mol. The lowest BCUT2D eigenvalue weighted by atomic mass is 10.2. The Bertz CT molecular complexity index is 760. The molecule has 0 saturated heterocycles. The summed E-state index contributed by atoms with van der Waals surface area (Å²) in [7, 11) is 1.16. The van der Waals surface area contributed by atoms with Crippen LogP contribution < -0.4 is 5.32 Å². The average Bonchev–Trinajstić information content (AvgIpc) is 2.55. The standard InChI is InChI=1S/C15H12FN3O4/c1-23-15(20)18-13-7-6-12(8-14(13)19(21)22)17-9-10-2-4-11(16)5-3-10/h2-9H,1H3,(H,18,20). The molecule has 23 heavy (non-hydrogen) atoms. The van der Waals surface area contributed by atoms with Crippen LogP contribution >= 0.6 is 0 Å². The zero-order valence-electron chi connectivity index (χ0n) is 12.0. The molecule has 0 aliphatic carbocycles. The number of amides is 1. The van der Waals surface area contributed by atoms with Gasteiger partial charge in [0.2, 0.25) is 0 Å². The van der Waals surface area contributed by atoms with Crippen molar-refractivity contribution in [2.75, 3.05) is 12.4 Å². The third kappa shape index (κ3) is 4.34. The Hall–Kier alpha value is -3.29. The molecule has 7 nitrogen and oxygen atoms in total. The Kier molecular flexibility index (Phi) is 4.98. The molecule has 0 atom stereocenters. The molecule has 1 N–H and O–H groups in total. The quantitative estimate of drug-likeness (QED) is 0.529. The van der Waals surface area contributed by atoms with Crippen molar-refractivity contribution in [1.82, 2.24) is 0 Å². The Morgan fingerprint density at radius 3 is 2.61 bits per heavy atom. The lowest BCUT2D eigenvalue weighted by Crippen LogP contribution is -2.12. The molecule has 0 saturated carbocycles. The van der Waals surface area contributed by atoms with E-state index >= 15 is 0 Å². The average molecular weight is 317 g/mol. The number of hydrogen-bond donors (Lipinski definition) is 1. The van der Waals surface area contributed by atoms with Gasteiger partial charge >= 0.3 is 6.09 Å². The van der Waals surface area contributed by atoms with Gasteiger partial charge in [0.05, 0.1) is 17.7 Å². The molecule has 0 aliphatic heterocycles. The number of ether oxygens (including phenoxy) is 1. The highest BCUT2D eigenvalue weighted by Crippen LogP contribution is 2.29. The van der Waals surface area contributed by atoms with Crippen molar-refractivity contribution >= 4 is 29.4 Å². The van der Waals surface area contributed by atoms with Crippen LogP contribution in [0.1, 0.15) is 5.56 Å². The molecule has 0 unspecified atom stereocenters. The van der Waals surface area contributed by atoms with Gasteiger partial charge < -0.3 is 4.74 Å². The van der Waals surface area contributed by atoms with Gasteiger partial charge in [-0.25, -0.2) is 9.18 Å². The number of anilines is 1. The van der Waals surface area contributed by atoms with Gasteiger partial charge in [-0.1, -0.05) is 12.1 Å². The third-order valence-corrected chi connectivity index (χ3v) is 2.83. The Morgan fingerprint density at radius 1 is 1.30 bits per heavy atom. The number of nitrogens with one attached hydrogen (secondary N) is 1. The molecule has 0 spiro atoms. The molecule has 1 amide bonds. The number of methoxy groups -OCH3 is 1. The van der Waals surface area contributed by atoms with Crippen LogP contribution in [0.4, 0.5) is 26.2 Å². The van der Waals surface area contributed by atoms with E-state index in [0.717, 1.165) is 7.11 Å². The second-order valence-electron chi connectivity index (χ2n) is 4.38. The van der Waals surface area contributed by atoms with E-state index in [2.05, 4.69) is 15.0 Å². The van der Waals surface area contributed by atoms with Crippen LogP contribution in [0.25, 0.3) is 0 Å². The summed E-state index contributed by atoms with van der Waals surface area (Å²) < 4.78 is 17.2. The van der Waals surface area contributed by atoms with Gasteiger partial charge in [-0.05, 0) is 29.8 Å². The van der Waals surface area contributed by atoms with Crippen LogP contribution in [0, 0.1) is 15.9 Å². The number of halogens is 1. The van der Waals surface area contributed by atoms with Gasteiger partial charge in [0.25, 0.3) is 5.69 Å². The molecule has 0 heterocycles. The number of rotatable bonds is 4. The van der Waals surface area contributed by atoms with Crippen LogP contribution in [-0.4, -0.2) is 24.3 Å². The molecule has 0 radical (unpaired) electrons. The normalized spacial score (nSPS) is 10.5. The first-order chi connectivity index (χ1) is 11.0. The van der Waals surface area contributed by atoms with Gasteiger partial charge in [0.15, 0.2) is 0 Å². The highest BCUT2D eigenvalue weighted by atomic mass is 19.1. The van der Waals surface area contributed by atoms with Crippen molar-refractivity contribution in [1.29, 1.82) is 0 Å². The minimum absolute atomic E-state index is 0.00239. The van der Waals surface area contributed by atoms with Crippen molar-refractivity contribution in [2.24, 2.45) is 4.99 Å². The summed E-state index contributed by atoms with van der Waals surface area (Å²) in [5.41, 5.74) is 0.647. The first kappa shape index (κ1) is 16.1. The fourth-order valence-corrected chi connectivity index (χ4v) is 1.72. The maximum Gasteiger partial charge on any atom is 0.411 e. The number of nitrogens with zero attached hydrogens (tertiary/aromatic N) is 2. The van der Waals surface area contributed by atoms with E-state index in [0.29, 0.717) is 11.3 Å². The van der Waals surface area contributed by atoms with Crippen LogP contribution in [0.15, 0.2) is 47.5 Å². The number of carbonyl (C=O) groups excluding carboxylic acids is 1. The van der Waals surface area contributed by atoms with E-state index in [-0.39, 0.29) is 17.2 Å². The maximum absolute atomic E-state index is 12.8. The Balaban J connectivity index is 2.26. The topological polar surface area (TPSA) is 93.8 Å². The van der Waals surface area contributed by atoms with E-state index in [1.165, 1.54) is 48.7 Å².